The van der Waals surface area contributed by atoms with Gasteiger partial charge in [0.1, 0.15) is 0 Å². The van der Waals surface area contributed by atoms with Gasteiger partial charge in [0.05, 0.1) is 17.2 Å². The zero-order valence-electron chi connectivity index (χ0n) is 11.2. The van der Waals surface area contributed by atoms with Crippen LogP contribution in [0.2, 0.25) is 0 Å². The molecular formula is C17H12N2O2. The number of fused-ring (bicyclic) bond motifs is 1. The molecule has 0 spiro atoms. The van der Waals surface area contributed by atoms with Crippen LogP contribution in [0.1, 0.15) is 21.5 Å². The van der Waals surface area contributed by atoms with Crippen molar-refractivity contribution in [2.45, 2.75) is 6.54 Å². The third kappa shape index (κ3) is 2.26. The van der Waals surface area contributed by atoms with Gasteiger partial charge in [-0.3, -0.25) is 0 Å². The maximum absolute atomic E-state index is 11.3. The maximum atomic E-state index is 11.3. The Morgan fingerprint density at radius 3 is 2.71 bits per heavy atom. The van der Waals surface area contributed by atoms with Crippen LogP contribution in [0.5, 0.6) is 0 Å². The van der Waals surface area contributed by atoms with Crippen LogP contribution in [0.3, 0.4) is 0 Å². The number of hydrogen-bond acceptors (Lipinski definition) is 2. The lowest BCUT2D eigenvalue weighted by molar-refractivity contribution is 0.0695. The lowest BCUT2D eigenvalue weighted by Gasteiger charge is -2.09. The summed E-state index contributed by atoms with van der Waals surface area (Å²) in [6.07, 6.45) is 1.88. The maximum Gasteiger partial charge on any atom is 0.336 e. The second-order valence-electron chi connectivity index (χ2n) is 4.76. The number of nitriles is 1. The minimum absolute atomic E-state index is 0.302. The normalized spacial score (nSPS) is 10.4. The minimum Gasteiger partial charge on any atom is -0.478 e. The second-order valence-corrected chi connectivity index (χ2v) is 4.76. The first-order chi connectivity index (χ1) is 10.2. The van der Waals surface area contributed by atoms with E-state index in [1.807, 2.05) is 41.1 Å². The molecule has 0 atom stereocenters. The van der Waals surface area contributed by atoms with Crippen molar-refractivity contribution >= 4 is 16.9 Å². The number of carbonyl (C=O) groups is 1. The summed E-state index contributed by atoms with van der Waals surface area (Å²) in [5.74, 6) is -0.931. The van der Waals surface area contributed by atoms with Crippen molar-refractivity contribution in [3.05, 3.63) is 71.4 Å². The predicted octanol–water partition coefficient (Wildman–Crippen LogP) is 3.26. The molecule has 0 saturated heterocycles. The molecule has 3 aromatic rings. The summed E-state index contributed by atoms with van der Waals surface area (Å²) >= 11 is 0. The number of hydrogen-bond donors (Lipinski definition) is 1. The monoisotopic (exact) mass is 276 g/mol. The van der Waals surface area contributed by atoms with E-state index in [9.17, 15) is 9.90 Å². The summed E-state index contributed by atoms with van der Waals surface area (Å²) in [6, 6.07) is 16.5. The van der Waals surface area contributed by atoms with E-state index in [1.165, 1.54) is 0 Å². The van der Waals surface area contributed by atoms with Gasteiger partial charge in [0.15, 0.2) is 0 Å². The highest BCUT2D eigenvalue weighted by molar-refractivity contribution is 5.89. The van der Waals surface area contributed by atoms with Crippen LogP contribution in [-0.4, -0.2) is 15.6 Å². The molecule has 0 amide bonds. The Hall–Kier alpha value is -3.06. The Kier molecular flexibility index (Phi) is 3.17. The number of aromatic carboxylic acids is 1. The van der Waals surface area contributed by atoms with Gasteiger partial charge in [-0.2, -0.15) is 5.26 Å². The van der Waals surface area contributed by atoms with Crippen molar-refractivity contribution < 1.29 is 9.90 Å². The second kappa shape index (κ2) is 5.14. The van der Waals surface area contributed by atoms with Gasteiger partial charge in [-0.1, -0.05) is 24.3 Å². The number of rotatable bonds is 3. The molecule has 0 aliphatic rings. The Labute approximate surface area is 121 Å². The molecule has 2 aromatic carbocycles. The standard InChI is InChI=1S/C17H12N2O2/c18-10-12-5-3-7-16-14(12)8-9-19(16)11-13-4-1-2-6-15(13)17(20)21/h1-9H,11H2,(H,20,21). The molecule has 0 fully saturated rings. The average Bonchev–Trinajstić information content (AvgIpc) is 2.91. The zero-order valence-corrected chi connectivity index (χ0v) is 11.2. The molecule has 4 heteroatoms. The van der Waals surface area contributed by atoms with Gasteiger partial charge >= 0.3 is 5.97 Å². The molecule has 0 bridgehead atoms. The van der Waals surface area contributed by atoms with Crippen LogP contribution < -0.4 is 0 Å². The van der Waals surface area contributed by atoms with E-state index in [1.54, 1.807) is 18.2 Å². The van der Waals surface area contributed by atoms with Crippen molar-refractivity contribution in [1.82, 2.24) is 4.57 Å². The molecule has 0 radical (unpaired) electrons. The molecule has 1 heterocycles. The summed E-state index contributed by atoms with van der Waals surface area (Å²) in [5.41, 5.74) is 2.59. The average molecular weight is 276 g/mol. The van der Waals surface area contributed by atoms with E-state index in [-0.39, 0.29) is 0 Å². The van der Waals surface area contributed by atoms with Gasteiger partial charge in [0, 0.05) is 23.6 Å². The third-order valence-corrected chi connectivity index (χ3v) is 3.52. The topological polar surface area (TPSA) is 66.0 Å². The molecule has 4 nitrogen and oxygen atoms in total. The Morgan fingerprint density at radius 1 is 1.14 bits per heavy atom. The van der Waals surface area contributed by atoms with E-state index in [4.69, 9.17) is 5.26 Å². The van der Waals surface area contributed by atoms with Crippen LogP contribution in [0.15, 0.2) is 54.7 Å². The van der Waals surface area contributed by atoms with Crippen LogP contribution in [0, 0.1) is 11.3 Å². The van der Waals surface area contributed by atoms with Crippen molar-refractivity contribution in [3.8, 4) is 6.07 Å². The van der Waals surface area contributed by atoms with Crippen molar-refractivity contribution in [2.75, 3.05) is 0 Å². The third-order valence-electron chi connectivity index (χ3n) is 3.52. The number of benzene rings is 2. The first-order valence-electron chi connectivity index (χ1n) is 6.50. The predicted molar refractivity (Wildman–Crippen MR) is 79.2 cm³/mol. The largest absolute Gasteiger partial charge is 0.478 e. The van der Waals surface area contributed by atoms with Crippen LogP contribution in [-0.2, 0) is 6.54 Å². The van der Waals surface area contributed by atoms with E-state index in [2.05, 4.69) is 6.07 Å². The van der Waals surface area contributed by atoms with Gasteiger partial charge in [-0.15, -0.1) is 0 Å². The van der Waals surface area contributed by atoms with Crippen LogP contribution >= 0.6 is 0 Å². The molecule has 0 aliphatic heterocycles. The quantitative estimate of drug-likeness (QED) is 0.798. The van der Waals surface area contributed by atoms with E-state index in [0.29, 0.717) is 17.7 Å². The summed E-state index contributed by atoms with van der Waals surface area (Å²) in [4.78, 5) is 11.3. The van der Waals surface area contributed by atoms with Gasteiger partial charge in [0.25, 0.3) is 0 Å². The van der Waals surface area contributed by atoms with Crippen molar-refractivity contribution in [1.29, 1.82) is 5.26 Å². The summed E-state index contributed by atoms with van der Waals surface area (Å²) in [7, 11) is 0. The summed E-state index contributed by atoms with van der Waals surface area (Å²) in [6.45, 7) is 0.459. The smallest absolute Gasteiger partial charge is 0.336 e. The van der Waals surface area contributed by atoms with Crippen molar-refractivity contribution in [3.63, 3.8) is 0 Å². The fourth-order valence-electron chi connectivity index (χ4n) is 2.51. The summed E-state index contributed by atoms with van der Waals surface area (Å²) < 4.78 is 1.96. The van der Waals surface area contributed by atoms with Gasteiger partial charge in [0.2, 0.25) is 0 Å². The number of carboxylic acid groups (broad SMARTS) is 1. The first kappa shape index (κ1) is 12.9. The fourth-order valence-corrected chi connectivity index (χ4v) is 2.51. The zero-order chi connectivity index (χ0) is 14.8. The number of nitrogens with zero attached hydrogens (tertiary/aromatic N) is 2. The highest BCUT2D eigenvalue weighted by Gasteiger charge is 2.11. The molecule has 0 saturated carbocycles. The van der Waals surface area contributed by atoms with Gasteiger partial charge in [-0.25, -0.2) is 4.79 Å². The van der Waals surface area contributed by atoms with Gasteiger partial charge in [-0.05, 0) is 29.8 Å². The van der Waals surface area contributed by atoms with E-state index in [0.717, 1.165) is 16.5 Å². The molecule has 0 aliphatic carbocycles. The highest BCUT2D eigenvalue weighted by Crippen LogP contribution is 2.21. The molecule has 3 rings (SSSR count). The van der Waals surface area contributed by atoms with Crippen molar-refractivity contribution in [2.24, 2.45) is 0 Å². The molecular weight excluding hydrogens is 264 g/mol. The lowest BCUT2D eigenvalue weighted by atomic mass is 10.1. The minimum atomic E-state index is -0.931. The van der Waals surface area contributed by atoms with Gasteiger partial charge < -0.3 is 9.67 Å². The molecule has 1 aromatic heterocycles. The fraction of sp³-hybridized carbons (Fsp3) is 0.0588. The SMILES string of the molecule is N#Cc1cccc2c1ccn2Cc1ccccc1C(=O)O. The Balaban J connectivity index is 2.08. The highest BCUT2D eigenvalue weighted by atomic mass is 16.4. The first-order valence-corrected chi connectivity index (χ1v) is 6.50. The number of carboxylic acids is 1. The molecule has 102 valence electrons. The Morgan fingerprint density at radius 2 is 1.95 bits per heavy atom. The lowest BCUT2D eigenvalue weighted by Crippen LogP contribution is -2.06. The van der Waals surface area contributed by atoms with Crippen LogP contribution in [0.25, 0.3) is 10.9 Å². The Bertz CT molecular complexity index is 872. The molecule has 0 unspecified atom stereocenters. The van der Waals surface area contributed by atoms with E-state index >= 15 is 0 Å². The van der Waals surface area contributed by atoms with Crippen LogP contribution in [0.4, 0.5) is 0 Å². The number of aromatic nitrogens is 1. The molecule has 1 N–H and O–H groups in total. The summed E-state index contributed by atoms with van der Waals surface area (Å²) in [5, 5.41) is 19.2. The molecule has 21 heavy (non-hydrogen) atoms. The van der Waals surface area contributed by atoms with E-state index < -0.39 is 5.97 Å².